The normalized spacial score (nSPS) is 15.2. The van der Waals surface area contributed by atoms with Crippen LogP contribution in [0.15, 0.2) is 30.3 Å². The first-order valence-electron chi connectivity index (χ1n) is 17.8. The third-order valence-corrected chi connectivity index (χ3v) is 8.45. The number of carbonyl (C=O) groups is 5. The Labute approximate surface area is 308 Å². The van der Waals surface area contributed by atoms with Gasteiger partial charge in [-0.1, -0.05) is 71.9 Å². The number of benzene rings is 1. The largest absolute Gasteiger partial charge is 0.445 e. The molecule has 14 heteroatoms. The van der Waals surface area contributed by atoms with Gasteiger partial charge in [-0.15, -0.1) is 0 Å². The van der Waals surface area contributed by atoms with E-state index in [4.69, 9.17) is 9.47 Å². The van der Waals surface area contributed by atoms with Crippen molar-refractivity contribution < 1.29 is 38.6 Å². The van der Waals surface area contributed by atoms with Gasteiger partial charge in [0.2, 0.25) is 17.7 Å². The molecule has 0 radical (unpaired) electrons. The van der Waals surface area contributed by atoms with E-state index in [1.807, 2.05) is 50.4 Å². The zero-order valence-corrected chi connectivity index (χ0v) is 33.1. The average molecular weight is 738 g/mol. The quantitative estimate of drug-likeness (QED) is 0.112. The second-order valence-electron chi connectivity index (χ2n) is 15.1. The second-order valence-corrected chi connectivity index (χ2v) is 16.1. The summed E-state index contributed by atoms with van der Waals surface area (Å²) >= 11 is 1.52. The summed E-state index contributed by atoms with van der Waals surface area (Å²) in [5.74, 6) is -1.26. The lowest BCUT2D eigenvalue weighted by atomic mass is 9.94. The Morgan fingerprint density at radius 1 is 0.745 bits per heavy atom. The Hall–Kier alpha value is -3.52. The lowest BCUT2D eigenvalue weighted by Crippen LogP contribution is -2.58. The summed E-state index contributed by atoms with van der Waals surface area (Å²) in [5.41, 5.74) is 0.0655. The molecule has 0 saturated heterocycles. The number of aliphatic hydroxyl groups is 1. The van der Waals surface area contributed by atoms with E-state index in [-0.39, 0.29) is 30.8 Å². The number of nitrogens with one attached hydrogen (secondary N) is 5. The van der Waals surface area contributed by atoms with Gasteiger partial charge in [-0.05, 0) is 82.3 Å². The van der Waals surface area contributed by atoms with Crippen LogP contribution in [0.5, 0.6) is 0 Å². The molecular weight excluding hydrogens is 675 g/mol. The van der Waals surface area contributed by atoms with Crippen molar-refractivity contribution in [1.82, 2.24) is 26.6 Å². The van der Waals surface area contributed by atoms with Gasteiger partial charge in [0.05, 0.1) is 12.1 Å². The van der Waals surface area contributed by atoms with Crippen molar-refractivity contribution in [2.75, 3.05) is 12.0 Å². The lowest BCUT2D eigenvalue weighted by molar-refractivity contribution is -0.131. The van der Waals surface area contributed by atoms with Crippen LogP contribution in [-0.2, 0) is 30.5 Å². The number of alkyl carbamates (subject to hydrolysis) is 2. The molecule has 0 spiro atoms. The van der Waals surface area contributed by atoms with E-state index in [0.717, 1.165) is 5.56 Å². The average Bonchev–Trinajstić information content (AvgIpc) is 3.01. The van der Waals surface area contributed by atoms with E-state index in [9.17, 15) is 29.1 Å². The third-order valence-electron chi connectivity index (χ3n) is 7.80. The molecule has 1 aromatic rings. The molecule has 290 valence electrons. The summed E-state index contributed by atoms with van der Waals surface area (Å²) < 4.78 is 10.6. The summed E-state index contributed by atoms with van der Waals surface area (Å²) in [4.78, 5) is 65.3. The van der Waals surface area contributed by atoms with Crippen LogP contribution in [0.25, 0.3) is 0 Å². The van der Waals surface area contributed by atoms with Gasteiger partial charge in [-0.3, -0.25) is 14.4 Å². The highest BCUT2D eigenvalue weighted by Gasteiger charge is 2.33. The number of carbonyl (C=O) groups excluding carboxylic acids is 5. The molecule has 1 unspecified atom stereocenters. The van der Waals surface area contributed by atoms with Crippen LogP contribution < -0.4 is 26.6 Å². The lowest BCUT2D eigenvalue weighted by Gasteiger charge is -2.31. The SMILES string of the molecule is CSCC[C@H](NC(=O)[C@@H](NC(=O)OC(C)(C)C)C(C)C)C(=O)N[C@@H](CC(C)C)C(O)C[C@@H](C)NC(=O)[C@H](NC(=O)OCc1ccccc1)C(C)C. The van der Waals surface area contributed by atoms with E-state index < -0.39 is 71.8 Å². The molecule has 0 aliphatic carbocycles. The molecule has 0 fully saturated rings. The maximum absolute atomic E-state index is 13.7. The van der Waals surface area contributed by atoms with E-state index in [0.29, 0.717) is 18.6 Å². The van der Waals surface area contributed by atoms with Gasteiger partial charge >= 0.3 is 12.2 Å². The van der Waals surface area contributed by atoms with Gasteiger partial charge in [-0.25, -0.2) is 9.59 Å². The molecule has 1 aromatic carbocycles. The minimum absolute atomic E-state index is 0.0633. The van der Waals surface area contributed by atoms with Crippen LogP contribution in [0, 0.1) is 17.8 Å². The number of amides is 5. The molecule has 51 heavy (non-hydrogen) atoms. The number of ether oxygens (including phenoxy) is 2. The molecule has 5 amide bonds. The van der Waals surface area contributed by atoms with Crippen molar-refractivity contribution in [3.8, 4) is 0 Å². The molecule has 0 aliphatic rings. The first kappa shape index (κ1) is 45.5. The fourth-order valence-corrected chi connectivity index (χ4v) is 5.66. The number of hydrogen-bond donors (Lipinski definition) is 6. The maximum atomic E-state index is 13.7. The van der Waals surface area contributed by atoms with Gasteiger partial charge in [-0.2, -0.15) is 11.8 Å². The summed E-state index contributed by atoms with van der Waals surface area (Å²) in [6.45, 7) is 18.1. The fraction of sp³-hybridized carbons (Fsp3) is 0.703. The van der Waals surface area contributed by atoms with Crippen molar-refractivity contribution in [2.24, 2.45) is 17.8 Å². The monoisotopic (exact) mass is 737 g/mol. The van der Waals surface area contributed by atoms with Crippen molar-refractivity contribution in [1.29, 1.82) is 0 Å². The van der Waals surface area contributed by atoms with E-state index in [1.54, 1.807) is 55.4 Å². The number of hydrogen-bond acceptors (Lipinski definition) is 9. The smallest absolute Gasteiger partial charge is 0.408 e. The third kappa shape index (κ3) is 18.5. The van der Waals surface area contributed by atoms with Gasteiger partial charge in [0.1, 0.15) is 30.3 Å². The van der Waals surface area contributed by atoms with E-state index in [2.05, 4.69) is 26.6 Å². The van der Waals surface area contributed by atoms with Crippen LogP contribution >= 0.6 is 11.8 Å². The summed E-state index contributed by atoms with van der Waals surface area (Å²) in [5, 5.41) is 25.2. The van der Waals surface area contributed by atoms with Gasteiger partial charge in [0.15, 0.2) is 0 Å². The molecule has 0 saturated carbocycles. The first-order chi connectivity index (χ1) is 23.7. The van der Waals surface area contributed by atoms with E-state index in [1.165, 1.54) is 11.8 Å². The van der Waals surface area contributed by atoms with Crippen LogP contribution in [-0.4, -0.2) is 88.9 Å². The highest BCUT2D eigenvalue weighted by atomic mass is 32.2. The zero-order valence-electron chi connectivity index (χ0n) is 32.3. The number of rotatable bonds is 20. The standard InChI is InChI=1S/C37H63N5O8S/c1-22(2)19-28(40-32(44)27(17-18-51-11)39-34(46)31(24(5)6)42-36(48)50-37(8,9)10)29(43)20-25(7)38-33(45)30(23(3)4)41-35(47)49-21-26-15-13-12-14-16-26/h12-16,22-25,27-31,43H,17-21H2,1-11H3,(H,38,45)(H,39,46)(H,40,44)(H,41,47)(H,42,48)/t25-,27+,28+,29?,30-,31+/m1/s1. The van der Waals surface area contributed by atoms with Crippen molar-refractivity contribution in [3.05, 3.63) is 35.9 Å². The first-order valence-corrected chi connectivity index (χ1v) is 19.2. The van der Waals surface area contributed by atoms with Crippen LogP contribution in [0.3, 0.4) is 0 Å². The van der Waals surface area contributed by atoms with Crippen molar-refractivity contribution >= 4 is 41.7 Å². The Kier molecular flexibility index (Phi) is 20.0. The Balaban J connectivity index is 2.96. The molecule has 0 bridgehead atoms. The molecule has 13 nitrogen and oxygen atoms in total. The number of thioether (sulfide) groups is 1. The highest BCUT2D eigenvalue weighted by Crippen LogP contribution is 2.15. The van der Waals surface area contributed by atoms with Crippen LogP contribution in [0.2, 0.25) is 0 Å². The van der Waals surface area contributed by atoms with Gasteiger partial charge < -0.3 is 41.2 Å². The van der Waals surface area contributed by atoms with Crippen molar-refractivity contribution in [3.63, 3.8) is 0 Å². The Morgan fingerprint density at radius 2 is 1.29 bits per heavy atom. The molecule has 1 rings (SSSR count). The Bertz CT molecular complexity index is 1240. The fourth-order valence-electron chi connectivity index (χ4n) is 5.18. The summed E-state index contributed by atoms with van der Waals surface area (Å²) in [7, 11) is 0. The minimum atomic E-state index is -1.04. The van der Waals surface area contributed by atoms with E-state index >= 15 is 0 Å². The maximum Gasteiger partial charge on any atom is 0.408 e. The zero-order chi connectivity index (χ0) is 38.9. The Morgan fingerprint density at radius 3 is 1.80 bits per heavy atom. The second kappa shape index (κ2) is 22.4. The molecule has 0 aliphatic heterocycles. The van der Waals surface area contributed by atoms with Crippen LogP contribution in [0.1, 0.15) is 94.1 Å². The molecule has 0 aromatic heterocycles. The minimum Gasteiger partial charge on any atom is -0.445 e. The van der Waals surface area contributed by atoms with Gasteiger partial charge in [0, 0.05) is 6.04 Å². The molecule has 6 atom stereocenters. The van der Waals surface area contributed by atoms with Crippen LogP contribution in [0.4, 0.5) is 9.59 Å². The predicted octanol–water partition coefficient (Wildman–Crippen LogP) is 4.51. The predicted molar refractivity (Wildman–Crippen MR) is 201 cm³/mol. The summed E-state index contributed by atoms with van der Waals surface area (Å²) in [6.07, 6.45) is 0.279. The topological polar surface area (TPSA) is 184 Å². The summed E-state index contributed by atoms with van der Waals surface area (Å²) in [6, 6.07) is 5.26. The molecular formula is C37H63N5O8S. The highest BCUT2D eigenvalue weighted by molar-refractivity contribution is 7.98. The molecule has 0 heterocycles. The van der Waals surface area contributed by atoms with Gasteiger partial charge in [0.25, 0.3) is 0 Å². The molecule has 6 N–H and O–H groups in total. The number of aliphatic hydroxyl groups excluding tert-OH is 1. The van der Waals surface area contributed by atoms with Crippen molar-refractivity contribution in [2.45, 2.75) is 137 Å².